The van der Waals surface area contributed by atoms with Gasteiger partial charge < -0.3 is 20.1 Å². The van der Waals surface area contributed by atoms with Crippen LogP contribution in [0.1, 0.15) is 30.5 Å². The van der Waals surface area contributed by atoms with Crippen LogP contribution >= 0.6 is 45.8 Å². The highest BCUT2D eigenvalue weighted by molar-refractivity contribution is 14.1. The fraction of sp³-hybridized carbons (Fsp3) is 0.207. The lowest BCUT2D eigenvalue weighted by Gasteiger charge is -2.15. The van der Waals surface area contributed by atoms with Crippen molar-refractivity contribution in [2.24, 2.45) is 0 Å². The topological polar surface area (TPSA) is 97.0 Å². The summed E-state index contributed by atoms with van der Waals surface area (Å²) in [6, 6.07) is 15.4. The van der Waals surface area contributed by atoms with Crippen molar-refractivity contribution in [3.05, 3.63) is 90.6 Å². The van der Waals surface area contributed by atoms with E-state index in [2.05, 4.69) is 33.2 Å². The molecule has 4 amide bonds. The van der Waals surface area contributed by atoms with E-state index >= 15 is 0 Å². The SMILES string of the molecule is CCOc1cc(/C=C2/NC(=O)N(CC(=O)Nc3ccccc3CC)C2=O)cc(I)c1OCc1ccc(Cl)cc1Cl. The molecule has 0 bridgehead atoms. The fourth-order valence-electron chi connectivity index (χ4n) is 4.03. The number of imide groups is 1. The van der Waals surface area contributed by atoms with Crippen LogP contribution in [0.15, 0.2) is 60.3 Å². The first-order valence-corrected chi connectivity index (χ1v) is 14.3. The Morgan fingerprint density at radius 2 is 1.82 bits per heavy atom. The molecule has 1 saturated heterocycles. The number of ether oxygens (including phenoxy) is 2. The van der Waals surface area contributed by atoms with Crippen molar-refractivity contribution in [3.8, 4) is 11.5 Å². The van der Waals surface area contributed by atoms with Gasteiger partial charge in [0.15, 0.2) is 11.5 Å². The Hall–Kier alpha value is -3.28. The second-order valence-corrected chi connectivity index (χ2v) is 10.7. The number of amides is 4. The fourth-order valence-corrected chi connectivity index (χ4v) is 5.27. The van der Waals surface area contributed by atoms with Gasteiger partial charge in [-0.15, -0.1) is 0 Å². The average Bonchev–Trinajstić information content (AvgIpc) is 3.16. The van der Waals surface area contributed by atoms with Gasteiger partial charge in [-0.1, -0.05) is 54.4 Å². The summed E-state index contributed by atoms with van der Waals surface area (Å²) in [6.45, 7) is 3.99. The normalized spacial score (nSPS) is 13.9. The summed E-state index contributed by atoms with van der Waals surface area (Å²) < 4.78 is 12.6. The monoisotopic (exact) mass is 693 g/mol. The zero-order valence-electron chi connectivity index (χ0n) is 21.7. The minimum absolute atomic E-state index is 0.0478. The summed E-state index contributed by atoms with van der Waals surface area (Å²) in [4.78, 5) is 39.1. The molecule has 1 heterocycles. The molecule has 40 heavy (non-hydrogen) atoms. The van der Waals surface area contributed by atoms with Gasteiger partial charge in [0.25, 0.3) is 5.91 Å². The number of anilines is 1. The van der Waals surface area contributed by atoms with Gasteiger partial charge in [0.2, 0.25) is 5.91 Å². The van der Waals surface area contributed by atoms with Crippen LogP contribution in [0.4, 0.5) is 10.5 Å². The summed E-state index contributed by atoms with van der Waals surface area (Å²) in [6.07, 6.45) is 2.27. The molecule has 2 N–H and O–H groups in total. The van der Waals surface area contributed by atoms with Crippen LogP contribution in [0.3, 0.4) is 0 Å². The molecule has 208 valence electrons. The number of hydrogen-bond acceptors (Lipinski definition) is 5. The van der Waals surface area contributed by atoms with E-state index in [1.165, 1.54) is 6.08 Å². The molecule has 0 radical (unpaired) electrons. The maximum atomic E-state index is 13.0. The van der Waals surface area contributed by atoms with Crippen molar-refractivity contribution < 1.29 is 23.9 Å². The Balaban J connectivity index is 1.50. The number of nitrogens with one attached hydrogen (secondary N) is 2. The van der Waals surface area contributed by atoms with Crippen molar-refractivity contribution in [1.29, 1.82) is 0 Å². The summed E-state index contributed by atoms with van der Waals surface area (Å²) in [5.74, 6) is -0.0901. The van der Waals surface area contributed by atoms with Crippen molar-refractivity contribution in [2.45, 2.75) is 26.9 Å². The summed E-state index contributed by atoms with van der Waals surface area (Å²) in [7, 11) is 0. The molecule has 3 aromatic rings. The Morgan fingerprint density at radius 3 is 2.55 bits per heavy atom. The average molecular weight is 694 g/mol. The molecular weight excluding hydrogens is 668 g/mol. The first kappa shape index (κ1) is 29.7. The molecule has 1 aliphatic rings. The smallest absolute Gasteiger partial charge is 0.329 e. The summed E-state index contributed by atoms with van der Waals surface area (Å²) >= 11 is 14.4. The molecule has 3 aromatic carbocycles. The molecular formula is C29H26Cl2IN3O5. The second kappa shape index (κ2) is 13.4. The first-order chi connectivity index (χ1) is 19.2. The number of urea groups is 1. The van der Waals surface area contributed by atoms with Gasteiger partial charge in [0.1, 0.15) is 18.8 Å². The second-order valence-electron chi connectivity index (χ2n) is 8.73. The Bertz CT molecular complexity index is 1490. The van der Waals surface area contributed by atoms with Crippen LogP contribution in [-0.2, 0) is 22.6 Å². The molecule has 0 aromatic heterocycles. The van der Waals surface area contributed by atoms with E-state index in [4.69, 9.17) is 32.7 Å². The minimum Gasteiger partial charge on any atom is -0.490 e. The van der Waals surface area contributed by atoms with Crippen LogP contribution in [0.25, 0.3) is 6.08 Å². The molecule has 0 atom stereocenters. The van der Waals surface area contributed by atoms with Gasteiger partial charge in [-0.2, -0.15) is 0 Å². The lowest BCUT2D eigenvalue weighted by atomic mass is 10.1. The van der Waals surface area contributed by atoms with Crippen LogP contribution < -0.4 is 20.1 Å². The lowest BCUT2D eigenvalue weighted by molar-refractivity contribution is -0.127. The molecule has 0 saturated carbocycles. The number of carbonyl (C=O) groups excluding carboxylic acids is 3. The highest BCUT2D eigenvalue weighted by Gasteiger charge is 2.35. The van der Waals surface area contributed by atoms with Gasteiger partial charge in [-0.05, 0) is 83.5 Å². The maximum Gasteiger partial charge on any atom is 0.329 e. The van der Waals surface area contributed by atoms with Gasteiger partial charge >= 0.3 is 6.03 Å². The lowest BCUT2D eigenvalue weighted by Crippen LogP contribution is -2.38. The molecule has 11 heteroatoms. The van der Waals surface area contributed by atoms with Crippen LogP contribution in [0.5, 0.6) is 11.5 Å². The molecule has 0 aliphatic carbocycles. The number of hydrogen-bond donors (Lipinski definition) is 2. The Labute approximate surface area is 255 Å². The minimum atomic E-state index is -0.672. The number of rotatable bonds is 10. The highest BCUT2D eigenvalue weighted by Crippen LogP contribution is 2.36. The van der Waals surface area contributed by atoms with Crippen LogP contribution in [0.2, 0.25) is 10.0 Å². The van der Waals surface area contributed by atoms with E-state index in [-0.39, 0.29) is 12.3 Å². The Morgan fingerprint density at radius 1 is 1.05 bits per heavy atom. The van der Waals surface area contributed by atoms with Gasteiger partial charge in [-0.25, -0.2) is 9.69 Å². The van der Waals surface area contributed by atoms with Crippen molar-refractivity contribution >= 4 is 75.4 Å². The van der Waals surface area contributed by atoms with Crippen LogP contribution in [0, 0.1) is 3.57 Å². The predicted octanol–water partition coefficient (Wildman–Crippen LogP) is 6.67. The molecule has 8 nitrogen and oxygen atoms in total. The Kier molecular flexibility index (Phi) is 9.94. The molecule has 1 fully saturated rings. The van der Waals surface area contributed by atoms with Gasteiger partial charge in [-0.3, -0.25) is 9.59 Å². The number of carbonyl (C=O) groups is 3. The molecule has 4 rings (SSSR count). The van der Waals surface area contributed by atoms with E-state index < -0.39 is 24.4 Å². The third-order valence-corrected chi connectivity index (χ3v) is 7.35. The zero-order valence-corrected chi connectivity index (χ0v) is 25.4. The van der Waals surface area contributed by atoms with E-state index in [1.807, 2.05) is 32.0 Å². The zero-order chi connectivity index (χ0) is 28.8. The van der Waals surface area contributed by atoms with E-state index in [0.29, 0.717) is 39.4 Å². The standard InChI is InChI=1S/C29H26Cl2IN3O5/c1-3-18-7-5-6-8-23(18)33-26(36)15-35-28(37)24(34-29(35)38)12-17-11-22(32)27(25(13-17)39-4-2)40-16-19-9-10-20(30)14-21(19)31/h5-14H,3-4,15-16H2,1-2H3,(H,33,36)(H,34,38)/b24-12+. The number of aryl methyl sites for hydroxylation is 1. The van der Waals surface area contributed by atoms with Crippen molar-refractivity contribution in [3.63, 3.8) is 0 Å². The predicted molar refractivity (Wildman–Crippen MR) is 164 cm³/mol. The maximum absolute atomic E-state index is 13.0. The number of halogens is 3. The third-order valence-electron chi connectivity index (χ3n) is 5.97. The van der Waals surface area contributed by atoms with E-state index in [0.717, 1.165) is 26.0 Å². The molecule has 1 aliphatic heterocycles. The molecule has 0 unspecified atom stereocenters. The van der Waals surface area contributed by atoms with Crippen LogP contribution in [-0.4, -0.2) is 35.9 Å². The van der Waals surface area contributed by atoms with Gasteiger partial charge in [0.05, 0.1) is 10.2 Å². The van der Waals surface area contributed by atoms with Crippen molar-refractivity contribution in [1.82, 2.24) is 10.2 Å². The highest BCUT2D eigenvalue weighted by atomic mass is 127. The number of benzene rings is 3. The quantitative estimate of drug-likeness (QED) is 0.141. The largest absolute Gasteiger partial charge is 0.490 e. The number of nitrogens with zero attached hydrogens (tertiary/aromatic N) is 1. The summed E-state index contributed by atoms with van der Waals surface area (Å²) in [5, 5.41) is 6.36. The van der Waals surface area contributed by atoms with E-state index in [1.54, 1.807) is 36.4 Å². The third kappa shape index (κ3) is 7.07. The molecule has 0 spiro atoms. The number of para-hydroxylation sites is 1. The first-order valence-electron chi connectivity index (χ1n) is 12.5. The summed E-state index contributed by atoms with van der Waals surface area (Å²) in [5.41, 5.74) is 3.02. The van der Waals surface area contributed by atoms with Gasteiger partial charge in [0, 0.05) is 21.3 Å². The van der Waals surface area contributed by atoms with E-state index in [9.17, 15) is 14.4 Å². The van der Waals surface area contributed by atoms with Crippen molar-refractivity contribution in [2.75, 3.05) is 18.5 Å².